The van der Waals surface area contributed by atoms with Crippen molar-refractivity contribution in [3.8, 4) is 0 Å². The molecule has 0 radical (unpaired) electrons. The predicted octanol–water partition coefficient (Wildman–Crippen LogP) is 2.23. The Balaban J connectivity index is 2.42. The van der Waals surface area contributed by atoms with E-state index < -0.39 is 0 Å². The number of para-hydroxylation sites is 1. The van der Waals surface area contributed by atoms with Gasteiger partial charge in [-0.25, -0.2) is 15.8 Å². The van der Waals surface area contributed by atoms with Crippen LogP contribution in [0.2, 0.25) is 0 Å². The zero-order chi connectivity index (χ0) is 13.0. The van der Waals surface area contributed by atoms with Gasteiger partial charge in [0.2, 0.25) is 0 Å². The first-order valence-corrected chi connectivity index (χ1v) is 5.89. The lowest BCUT2D eigenvalue weighted by atomic mass is 10.3. The van der Waals surface area contributed by atoms with Gasteiger partial charge < -0.3 is 10.3 Å². The predicted molar refractivity (Wildman–Crippen MR) is 73.7 cm³/mol. The molecule has 0 aliphatic carbocycles. The third-order valence-electron chi connectivity index (χ3n) is 2.63. The Labute approximate surface area is 107 Å². The molecule has 1 aromatic carbocycles. The number of nitrogens with two attached hydrogens (primary N) is 1. The first-order valence-electron chi connectivity index (χ1n) is 5.89. The van der Waals surface area contributed by atoms with E-state index in [4.69, 9.17) is 5.84 Å². The molecular weight excluding hydrogens is 226 g/mol. The van der Waals surface area contributed by atoms with Gasteiger partial charge in [0.05, 0.1) is 0 Å². The average Bonchev–Trinajstić information content (AvgIpc) is 2.40. The Morgan fingerprint density at radius 2 is 1.94 bits per heavy atom. The number of hydrogen-bond acceptors (Lipinski definition) is 5. The van der Waals surface area contributed by atoms with Crippen molar-refractivity contribution in [1.29, 1.82) is 0 Å². The molecule has 1 aromatic heterocycles. The van der Waals surface area contributed by atoms with Gasteiger partial charge in [-0.05, 0) is 26.0 Å². The van der Waals surface area contributed by atoms with Crippen molar-refractivity contribution >= 4 is 17.3 Å². The van der Waals surface area contributed by atoms with Gasteiger partial charge in [0.15, 0.2) is 0 Å². The molecule has 0 saturated carbocycles. The fraction of sp³-hybridized carbons (Fsp3) is 0.231. The molecule has 5 nitrogen and oxygen atoms in total. The largest absolute Gasteiger partial charge is 0.326 e. The number of aromatic nitrogens is 2. The molecular formula is C13H17N5. The second kappa shape index (κ2) is 5.46. The summed E-state index contributed by atoms with van der Waals surface area (Å²) in [6, 6.07) is 12.0. The summed E-state index contributed by atoms with van der Waals surface area (Å²) in [5.74, 6) is 7.55. The smallest absolute Gasteiger partial charge is 0.145 e. The normalized spacial score (nSPS) is 10.2. The average molecular weight is 243 g/mol. The van der Waals surface area contributed by atoms with E-state index in [-0.39, 0.29) is 0 Å². The van der Waals surface area contributed by atoms with Crippen molar-refractivity contribution in [2.45, 2.75) is 13.8 Å². The number of nitrogens with zero attached hydrogens (tertiary/aromatic N) is 3. The van der Waals surface area contributed by atoms with E-state index in [0.717, 1.165) is 18.1 Å². The minimum atomic E-state index is 0.617. The van der Waals surface area contributed by atoms with E-state index in [0.29, 0.717) is 11.6 Å². The highest BCUT2D eigenvalue weighted by molar-refractivity contribution is 5.62. The van der Waals surface area contributed by atoms with Gasteiger partial charge in [-0.15, -0.1) is 0 Å². The van der Waals surface area contributed by atoms with E-state index in [1.54, 1.807) is 0 Å². The van der Waals surface area contributed by atoms with Crippen molar-refractivity contribution < 1.29 is 0 Å². The molecule has 18 heavy (non-hydrogen) atoms. The number of rotatable bonds is 4. The van der Waals surface area contributed by atoms with Gasteiger partial charge in [-0.3, -0.25) is 0 Å². The summed E-state index contributed by atoms with van der Waals surface area (Å²) >= 11 is 0. The monoisotopic (exact) mass is 243 g/mol. The molecule has 0 atom stereocenters. The molecule has 0 saturated heterocycles. The quantitative estimate of drug-likeness (QED) is 0.636. The number of nitrogens with one attached hydrogen (secondary N) is 1. The third-order valence-corrected chi connectivity index (χ3v) is 2.63. The lowest BCUT2D eigenvalue weighted by Crippen LogP contribution is -2.19. The minimum Gasteiger partial charge on any atom is -0.326 e. The van der Waals surface area contributed by atoms with Crippen molar-refractivity contribution in [2.24, 2.45) is 5.84 Å². The van der Waals surface area contributed by atoms with Gasteiger partial charge in [0.1, 0.15) is 17.5 Å². The lowest BCUT2D eigenvalue weighted by molar-refractivity contribution is 0.950. The molecule has 1 heterocycles. The van der Waals surface area contributed by atoms with Crippen LogP contribution in [0, 0.1) is 6.92 Å². The van der Waals surface area contributed by atoms with Crippen LogP contribution in [0.3, 0.4) is 0 Å². The second-order valence-electron chi connectivity index (χ2n) is 3.88. The Kier molecular flexibility index (Phi) is 3.74. The molecule has 2 aromatic rings. The van der Waals surface area contributed by atoms with Gasteiger partial charge in [-0.2, -0.15) is 0 Å². The molecule has 0 spiro atoms. The molecule has 0 bridgehead atoms. The van der Waals surface area contributed by atoms with Crippen LogP contribution in [0.1, 0.15) is 12.7 Å². The standard InChI is InChI=1S/C13H17N5/c1-3-18(11-7-5-4-6-8-11)13-9-12(17-14)15-10(2)16-13/h4-9H,3,14H2,1-2H3,(H,15,16,17). The van der Waals surface area contributed by atoms with E-state index >= 15 is 0 Å². The van der Waals surface area contributed by atoms with Gasteiger partial charge >= 0.3 is 0 Å². The number of nitrogen functional groups attached to an aromatic ring is 1. The van der Waals surface area contributed by atoms with Crippen molar-refractivity contribution in [2.75, 3.05) is 16.9 Å². The highest BCUT2D eigenvalue weighted by Crippen LogP contribution is 2.24. The zero-order valence-corrected chi connectivity index (χ0v) is 10.6. The Morgan fingerprint density at radius 3 is 2.56 bits per heavy atom. The van der Waals surface area contributed by atoms with Crippen LogP contribution in [0.5, 0.6) is 0 Å². The molecule has 5 heteroatoms. The van der Waals surface area contributed by atoms with E-state index in [1.165, 1.54) is 0 Å². The van der Waals surface area contributed by atoms with Crippen LogP contribution < -0.4 is 16.2 Å². The van der Waals surface area contributed by atoms with Crippen LogP contribution in [-0.2, 0) is 0 Å². The fourth-order valence-corrected chi connectivity index (χ4v) is 1.85. The molecule has 0 unspecified atom stereocenters. The number of anilines is 3. The first-order chi connectivity index (χ1) is 8.74. The minimum absolute atomic E-state index is 0.617. The molecule has 0 fully saturated rings. The van der Waals surface area contributed by atoms with Crippen molar-refractivity contribution in [1.82, 2.24) is 9.97 Å². The number of aryl methyl sites for hydroxylation is 1. The maximum Gasteiger partial charge on any atom is 0.145 e. The van der Waals surface area contributed by atoms with Gasteiger partial charge in [-0.1, -0.05) is 18.2 Å². The Bertz CT molecular complexity index is 512. The summed E-state index contributed by atoms with van der Waals surface area (Å²) in [6.45, 7) is 4.76. The third kappa shape index (κ3) is 2.57. The maximum atomic E-state index is 5.41. The molecule has 0 amide bonds. The number of hydrogen-bond donors (Lipinski definition) is 2. The fourth-order valence-electron chi connectivity index (χ4n) is 1.85. The Morgan fingerprint density at radius 1 is 1.22 bits per heavy atom. The number of hydrazine groups is 1. The summed E-state index contributed by atoms with van der Waals surface area (Å²) in [5, 5.41) is 0. The van der Waals surface area contributed by atoms with Gasteiger partial charge in [0.25, 0.3) is 0 Å². The number of benzene rings is 1. The molecule has 94 valence electrons. The van der Waals surface area contributed by atoms with E-state index in [9.17, 15) is 0 Å². The second-order valence-corrected chi connectivity index (χ2v) is 3.88. The van der Waals surface area contributed by atoms with Crippen LogP contribution in [0.4, 0.5) is 17.3 Å². The van der Waals surface area contributed by atoms with E-state index in [1.807, 2.05) is 31.2 Å². The zero-order valence-electron chi connectivity index (χ0n) is 10.6. The topological polar surface area (TPSA) is 67.1 Å². The van der Waals surface area contributed by atoms with Crippen molar-refractivity contribution in [3.05, 3.63) is 42.2 Å². The van der Waals surface area contributed by atoms with E-state index in [2.05, 4.69) is 39.4 Å². The molecule has 0 aliphatic heterocycles. The van der Waals surface area contributed by atoms with Gasteiger partial charge in [0, 0.05) is 18.3 Å². The molecule has 0 aliphatic rings. The van der Waals surface area contributed by atoms with Crippen LogP contribution in [0.15, 0.2) is 36.4 Å². The van der Waals surface area contributed by atoms with Crippen molar-refractivity contribution in [3.63, 3.8) is 0 Å². The summed E-state index contributed by atoms with van der Waals surface area (Å²) in [6.07, 6.45) is 0. The maximum absolute atomic E-state index is 5.41. The summed E-state index contributed by atoms with van der Waals surface area (Å²) < 4.78 is 0. The highest BCUT2D eigenvalue weighted by atomic mass is 15.3. The molecule has 2 rings (SSSR count). The van der Waals surface area contributed by atoms with Crippen LogP contribution in [-0.4, -0.2) is 16.5 Å². The van der Waals surface area contributed by atoms with Crippen LogP contribution >= 0.6 is 0 Å². The summed E-state index contributed by atoms with van der Waals surface area (Å²) in [7, 11) is 0. The highest BCUT2D eigenvalue weighted by Gasteiger charge is 2.10. The Hall–Kier alpha value is -2.14. The SMILES string of the molecule is CCN(c1ccccc1)c1cc(NN)nc(C)n1. The molecule has 3 N–H and O–H groups in total. The summed E-state index contributed by atoms with van der Waals surface area (Å²) in [4.78, 5) is 10.7. The summed E-state index contributed by atoms with van der Waals surface area (Å²) in [5.41, 5.74) is 3.66. The van der Waals surface area contributed by atoms with Crippen LogP contribution in [0.25, 0.3) is 0 Å². The first kappa shape index (κ1) is 12.3. The lowest BCUT2D eigenvalue weighted by Gasteiger charge is -2.22.